The topological polar surface area (TPSA) is 43.1 Å². The predicted octanol–water partition coefficient (Wildman–Crippen LogP) is 1.98. The lowest BCUT2D eigenvalue weighted by atomic mass is 10.00. The highest BCUT2D eigenvalue weighted by molar-refractivity contribution is 5.76. The Bertz CT molecular complexity index is 347. The van der Waals surface area contributed by atoms with Gasteiger partial charge in [-0.3, -0.25) is 4.79 Å². The molecule has 3 heteroatoms. The summed E-state index contributed by atoms with van der Waals surface area (Å²) in [5.74, 6) is -0.557. The van der Waals surface area contributed by atoms with Gasteiger partial charge in [0.05, 0.1) is 6.42 Å². The van der Waals surface area contributed by atoms with Crippen molar-refractivity contribution in [3.8, 4) is 0 Å². The van der Waals surface area contributed by atoms with Crippen molar-refractivity contribution in [1.82, 2.24) is 0 Å². The molecule has 0 radical (unpaired) electrons. The highest BCUT2D eigenvalue weighted by Crippen LogP contribution is 2.19. The van der Waals surface area contributed by atoms with Crippen LogP contribution >= 0.6 is 0 Å². The molecular weight excluding hydrogens is 181 g/mol. The van der Waals surface area contributed by atoms with Gasteiger partial charge in [0.2, 0.25) is 5.91 Å². The summed E-state index contributed by atoms with van der Waals surface area (Å²) in [6.07, 6.45) is 0.0926. The van der Waals surface area contributed by atoms with Crippen LogP contribution in [0, 0.1) is 5.82 Å². The minimum absolute atomic E-state index is 0.0926. The molecule has 1 aromatic rings. The van der Waals surface area contributed by atoms with Crippen molar-refractivity contribution < 1.29 is 9.18 Å². The fraction of sp³-hybridized carbons (Fsp3) is 0.364. The Hall–Kier alpha value is -1.38. The van der Waals surface area contributed by atoms with Gasteiger partial charge in [0.25, 0.3) is 0 Å². The summed E-state index contributed by atoms with van der Waals surface area (Å²) in [6, 6.07) is 4.82. The summed E-state index contributed by atoms with van der Waals surface area (Å²) >= 11 is 0. The zero-order valence-corrected chi connectivity index (χ0v) is 8.38. The number of rotatable bonds is 3. The quantitative estimate of drug-likeness (QED) is 0.787. The number of nitrogens with two attached hydrogens (primary N) is 1. The first-order valence-corrected chi connectivity index (χ1v) is 4.57. The van der Waals surface area contributed by atoms with Crippen molar-refractivity contribution in [2.45, 2.75) is 26.2 Å². The second kappa shape index (κ2) is 4.22. The molecule has 1 aromatic carbocycles. The zero-order chi connectivity index (χ0) is 10.7. The van der Waals surface area contributed by atoms with Crippen LogP contribution < -0.4 is 5.73 Å². The average Bonchev–Trinajstić information content (AvgIpc) is 2.01. The van der Waals surface area contributed by atoms with E-state index < -0.39 is 5.91 Å². The van der Waals surface area contributed by atoms with Crippen molar-refractivity contribution in [2.24, 2.45) is 5.73 Å². The minimum Gasteiger partial charge on any atom is -0.369 e. The van der Waals surface area contributed by atoms with Crippen molar-refractivity contribution in [3.63, 3.8) is 0 Å². The molecule has 76 valence electrons. The van der Waals surface area contributed by atoms with Crippen LogP contribution in [0.5, 0.6) is 0 Å². The Kier molecular flexibility index (Phi) is 3.23. The van der Waals surface area contributed by atoms with Gasteiger partial charge in [-0.25, -0.2) is 4.39 Å². The first kappa shape index (κ1) is 10.7. The smallest absolute Gasteiger partial charge is 0.221 e. The van der Waals surface area contributed by atoms with Crippen molar-refractivity contribution in [3.05, 3.63) is 35.1 Å². The van der Waals surface area contributed by atoms with E-state index in [4.69, 9.17) is 5.73 Å². The molecule has 2 nitrogen and oxygen atoms in total. The van der Waals surface area contributed by atoms with Crippen LogP contribution in [0.25, 0.3) is 0 Å². The Morgan fingerprint density at radius 1 is 1.50 bits per heavy atom. The molecule has 0 unspecified atom stereocenters. The number of hydrogen-bond acceptors (Lipinski definition) is 1. The second-order valence-electron chi connectivity index (χ2n) is 3.65. The van der Waals surface area contributed by atoms with Crippen LogP contribution in [0.4, 0.5) is 4.39 Å². The third-order valence-electron chi connectivity index (χ3n) is 2.07. The zero-order valence-electron chi connectivity index (χ0n) is 8.38. The summed E-state index contributed by atoms with van der Waals surface area (Å²) in [5.41, 5.74) is 6.30. The van der Waals surface area contributed by atoms with Gasteiger partial charge < -0.3 is 5.73 Å². The van der Waals surface area contributed by atoms with E-state index in [-0.39, 0.29) is 18.2 Å². The molecule has 0 bridgehead atoms. The molecule has 0 saturated carbocycles. The highest BCUT2D eigenvalue weighted by Gasteiger charge is 2.07. The van der Waals surface area contributed by atoms with Gasteiger partial charge in [-0.05, 0) is 23.1 Å². The largest absolute Gasteiger partial charge is 0.369 e. The van der Waals surface area contributed by atoms with E-state index in [2.05, 4.69) is 0 Å². The van der Waals surface area contributed by atoms with Gasteiger partial charge >= 0.3 is 0 Å². The number of halogens is 1. The summed E-state index contributed by atoms with van der Waals surface area (Å²) in [5, 5.41) is 0. The first-order valence-electron chi connectivity index (χ1n) is 4.57. The van der Waals surface area contributed by atoms with E-state index >= 15 is 0 Å². The molecule has 0 heterocycles. The van der Waals surface area contributed by atoms with Gasteiger partial charge in [0.15, 0.2) is 0 Å². The van der Waals surface area contributed by atoms with Gasteiger partial charge in [-0.2, -0.15) is 0 Å². The van der Waals surface area contributed by atoms with Gasteiger partial charge in [0.1, 0.15) is 5.82 Å². The lowest BCUT2D eigenvalue weighted by Gasteiger charge is -2.07. The maximum absolute atomic E-state index is 13.4. The SMILES string of the molecule is CC(C)c1ccc(CC(N)=O)cc1F. The number of carbonyl (C=O) groups excluding carboxylic acids is 1. The van der Waals surface area contributed by atoms with E-state index in [1.54, 1.807) is 12.1 Å². The third kappa shape index (κ3) is 2.55. The van der Waals surface area contributed by atoms with Crippen molar-refractivity contribution in [1.29, 1.82) is 0 Å². The minimum atomic E-state index is -0.443. The van der Waals surface area contributed by atoms with Crippen LogP contribution in [-0.2, 0) is 11.2 Å². The normalized spacial score (nSPS) is 10.6. The summed E-state index contributed by atoms with van der Waals surface area (Å²) < 4.78 is 13.4. The molecule has 14 heavy (non-hydrogen) atoms. The number of carbonyl (C=O) groups is 1. The molecule has 0 atom stereocenters. The van der Waals surface area contributed by atoms with Crippen LogP contribution in [0.15, 0.2) is 18.2 Å². The number of hydrogen-bond donors (Lipinski definition) is 1. The summed E-state index contributed by atoms with van der Waals surface area (Å²) in [4.78, 5) is 10.6. The van der Waals surface area contributed by atoms with E-state index in [0.29, 0.717) is 11.1 Å². The van der Waals surface area contributed by atoms with E-state index in [0.717, 1.165) is 0 Å². The summed E-state index contributed by atoms with van der Waals surface area (Å²) in [7, 11) is 0. The average molecular weight is 195 g/mol. The Morgan fingerprint density at radius 2 is 2.14 bits per heavy atom. The molecule has 0 saturated heterocycles. The van der Waals surface area contributed by atoms with E-state index in [1.165, 1.54) is 6.07 Å². The maximum atomic E-state index is 13.4. The molecule has 1 amide bonds. The van der Waals surface area contributed by atoms with Crippen LogP contribution in [0.2, 0.25) is 0 Å². The van der Waals surface area contributed by atoms with E-state index in [9.17, 15) is 9.18 Å². The van der Waals surface area contributed by atoms with Crippen LogP contribution in [0.3, 0.4) is 0 Å². The third-order valence-corrected chi connectivity index (χ3v) is 2.07. The fourth-order valence-corrected chi connectivity index (χ4v) is 1.35. The Labute approximate surface area is 82.9 Å². The number of primary amides is 1. The van der Waals surface area contributed by atoms with Gasteiger partial charge in [-0.15, -0.1) is 0 Å². The number of benzene rings is 1. The Balaban J connectivity index is 2.94. The molecule has 2 N–H and O–H groups in total. The van der Waals surface area contributed by atoms with Crippen LogP contribution in [0.1, 0.15) is 30.9 Å². The standard InChI is InChI=1S/C11H14FNO/c1-7(2)9-4-3-8(5-10(9)12)6-11(13)14/h3-5,7H,6H2,1-2H3,(H2,13,14). The molecule has 0 aliphatic carbocycles. The Morgan fingerprint density at radius 3 is 2.57 bits per heavy atom. The lowest BCUT2D eigenvalue weighted by molar-refractivity contribution is -0.117. The molecule has 0 aliphatic heterocycles. The van der Waals surface area contributed by atoms with E-state index in [1.807, 2.05) is 13.8 Å². The molecule has 1 rings (SSSR count). The fourth-order valence-electron chi connectivity index (χ4n) is 1.35. The van der Waals surface area contributed by atoms with Gasteiger partial charge in [0, 0.05) is 0 Å². The van der Waals surface area contributed by atoms with Crippen molar-refractivity contribution >= 4 is 5.91 Å². The summed E-state index contributed by atoms with van der Waals surface area (Å²) in [6.45, 7) is 3.85. The highest BCUT2D eigenvalue weighted by atomic mass is 19.1. The lowest BCUT2D eigenvalue weighted by Crippen LogP contribution is -2.13. The maximum Gasteiger partial charge on any atom is 0.221 e. The number of amides is 1. The molecule has 0 spiro atoms. The second-order valence-corrected chi connectivity index (χ2v) is 3.65. The first-order chi connectivity index (χ1) is 6.50. The monoisotopic (exact) mass is 195 g/mol. The van der Waals surface area contributed by atoms with Crippen molar-refractivity contribution in [2.75, 3.05) is 0 Å². The van der Waals surface area contributed by atoms with Gasteiger partial charge in [-0.1, -0.05) is 26.0 Å². The molecule has 0 aliphatic rings. The molecule has 0 aromatic heterocycles. The molecule has 0 fully saturated rings. The van der Waals surface area contributed by atoms with Crippen LogP contribution in [-0.4, -0.2) is 5.91 Å². The molecular formula is C11H14FNO. The predicted molar refractivity (Wildman–Crippen MR) is 53.4 cm³/mol.